The van der Waals surface area contributed by atoms with Crippen LogP contribution in [0.5, 0.6) is 11.5 Å². The first-order chi connectivity index (χ1) is 14.6. The molecule has 4 aromatic rings. The summed E-state index contributed by atoms with van der Waals surface area (Å²) in [6, 6.07) is 16.7. The number of amides is 1. The van der Waals surface area contributed by atoms with E-state index in [0.717, 1.165) is 22.0 Å². The average molecular weight is 399 g/mol. The number of rotatable bonds is 5. The SMILES string of the molecule is COc1cc(C)c(NC(=O)c2cc(-c3cccnc3)nc3ccccc23)cc1OC. The molecular formula is C24H21N3O3. The molecule has 6 heteroatoms. The zero-order valence-electron chi connectivity index (χ0n) is 17.0. The molecule has 0 saturated heterocycles. The lowest BCUT2D eigenvalue weighted by Crippen LogP contribution is -2.14. The highest BCUT2D eigenvalue weighted by Gasteiger charge is 2.16. The van der Waals surface area contributed by atoms with Gasteiger partial charge in [0.25, 0.3) is 5.91 Å². The van der Waals surface area contributed by atoms with Crippen LogP contribution in [0.25, 0.3) is 22.2 Å². The third kappa shape index (κ3) is 3.67. The van der Waals surface area contributed by atoms with Gasteiger partial charge in [0, 0.05) is 35.1 Å². The van der Waals surface area contributed by atoms with Crippen molar-refractivity contribution in [1.82, 2.24) is 9.97 Å². The Bertz CT molecular complexity index is 1220. The molecule has 2 heterocycles. The van der Waals surface area contributed by atoms with Crippen molar-refractivity contribution in [2.45, 2.75) is 6.92 Å². The summed E-state index contributed by atoms with van der Waals surface area (Å²) >= 11 is 0. The number of ether oxygens (including phenoxy) is 2. The van der Waals surface area contributed by atoms with Gasteiger partial charge in [-0.2, -0.15) is 0 Å². The smallest absolute Gasteiger partial charge is 0.256 e. The van der Waals surface area contributed by atoms with E-state index in [4.69, 9.17) is 14.5 Å². The highest BCUT2D eigenvalue weighted by atomic mass is 16.5. The van der Waals surface area contributed by atoms with Crippen molar-refractivity contribution in [1.29, 1.82) is 0 Å². The van der Waals surface area contributed by atoms with Gasteiger partial charge in [0.1, 0.15) is 0 Å². The van der Waals surface area contributed by atoms with E-state index in [1.54, 1.807) is 38.7 Å². The molecule has 0 aliphatic carbocycles. The lowest BCUT2D eigenvalue weighted by Gasteiger charge is -2.15. The molecule has 0 atom stereocenters. The van der Waals surface area contributed by atoms with E-state index in [1.807, 2.05) is 49.4 Å². The van der Waals surface area contributed by atoms with Crippen LogP contribution in [0.4, 0.5) is 5.69 Å². The Morgan fingerprint density at radius 3 is 2.47 bits per heavy atom. The minimum Gasteiger partial charge on any atom is -0.493 e. The summed E-state index contributed by atoms with van der Waals surface area (Å²) in [5.74, 6) is 0.935. The van der Waals surface area contributed by atoms with Gasteiger partial charge in [-0.1, -0.05) is 18.2 Å². The molecule has 0 fully saturated rings. The number of aromatic nitrogens is 2. The van der Waals surface area contributed by atoms with Crippen molar-refractivity contribution in [2.24, 2.45) is 0 Å². The molecule has 4 rings (SSSR count). The quantitative estimate of drug-likeness (QED) is 0.518. The fourth-order valence-corrected chi connectivity index (χ4v) is 3.33. The number of carbonyl (C=O) groups is 1. The van der Waals surface area contributed by atoms with Gasteiger partial charge in [0.2, 0.25) is 0 Å². The Morgan fingerprint density at radius 1 is 0.967 bits per heavy atom. The van der Waals surface area contributed by atoms with E-state index >= 15 is 0 Å². The molecule has 6 nitrogen and oxygen atoms in total. The first kappa shape index (κ1) is 19.4. The molecule has 0 aliphatic heterocycles. The zero-order chi connectivity index (χ0) is 21.1. The van der Waals surface area contributed by atoms with Crippen LogP contribution in [0, 0.1) is 6.92 Å². The summed E-state index contributed by atoms with van der Waals surface area (Å²) in [4.78, 5) is 22.2. The molecule has 30 heavy (non-hydrogen) atoms. The topological polar surface area (TPSA) is 73.3 Å². The van der Waals surface area contributed by atoms with Crippen LogP contribution in [0.15, 0.2) is 67.0 Å². The summed E-state index contributed by atoms with van der Waals surface area (Å²) in [5, 5.41) is 3.78. The molecule has 0 saturated carbocycles. The standard InChI is InChI=1S/C24H21N3O3/c1-15-11-22(29-2)23(30-3)13-20(15)27-24(28)18-12-21(16-7-6-10-25-14-16)26-19-9-5-4-8-17(18)19/h4-14H,1-3H3,(H,27,28). The molecule has 2 aromatic carbocycles. The summed E-state index contributed by atoms with van der Waals surface area (Å²) < 4.78 is 10.7. The average Bonchev–Trinajstić information content (AvgIpc) is 2.79. The number of para-hydroxylation sites is 1. The number of pyridine rings is 2. The van der Waals surface area contributed by atoms with Crippen LogP contribution >= 0.6 is 0 Å². The molecule has 150 valence electrons. The second kappa shape index (κ2) is 8.21. The van der Waals surface area contributed by atoms with E-state index in [2.05, 4.69) is 10.3 Å². The maximum Gasteiger partial charge on any atom is 0.256 e. The Kier molecular flexibility index (Phi) is 5.30. The first-order valence-corrected chi connectivity index (χ1v) is 9.45. The minimum absolute atomic E-state index is 0.228. The largest absolute Gasteiger partial charge is 0.493 e. The van der Waals surface area contributed by atoms with E-state index < -0.39 is 0 Å². The molecule has 0 aliphatic rings. The van der Waals surface area contributed by atoms with Crippen LogP contribution in [0.1, 0.15) is 15.9 Å². The van der Waals surface area contributed by atoms with Crippen LogP contribution in [-0.4, -0.2) is 30.1 Å². The first-order valence-electron chi connectivity index (χ1n) is 9.45. The molecule has 0 radical (unpaired) electrons. The summed E-state index contributed by atoms with van der Waals surface area (Å²) in [6.07, 6.45) is 3.44. The maximum absolute atomic E-state index is 13.3. The Balaban J connectivity index is 1.78. The predicted molar refractivity (Wildman–Crippen MR) is 117 cm³/mol. The van der Waals surface area contributed by atoms with Crippen molar-refractivity contribution in [3.8, 4) is 22.8 Å². The van der Waals surface area contributed by atoms with E-state index in [-0.39, 0.29) is 5.91 Å². The van der Waals surface area contributed by atoms with Gasteiger partial charge < -0.3 is 14.8 Å². The van der Waals surface area contributed by atoms with Gasteiger partial charge in [0.15, 0.2) is 11.5 Å². The fraction of sp³-hybridized carbons (Fsp3) is 0.125. The fourth-order valence-electron chi connectivity index (χ4n) is 3.33. The molecule has 1 N–H and O–H groups in total. The second-order valence-corrected chi connectivity index (χ2v) is 6.79. The third-order valence-electron chi connectivity index (χ3n) is 4.90. The Morgan fingerprint density at radius 2 is 1.73 bits per heavy atom. The normalized spacial score (nSPS) is 10.6. The second-order valence-electron chi connectivity index (χ2n) is 6.79. The molecule has 0 unspecified atom stereocenters. The van der Waals surface area contributed by atoms with Gasteiger partial charge in [-0.3, -0.25) is 9.78 Å². The van der Waals surface area contributed by atoms with Crippen molar-refractivity contribution >= 4 is 22.5 Å². The summed E-state index contributed by atoms with van der Waals surface area (Å²) in [6.45, 7) is 1.91. The zero-order valence-corrected chi connectivity index (χ0v) is 17.0. The van der Waals surface area contributed by atoms with E-state index in [0.29, 0.717) is 28.4 Å². The Hall–Kier alpha value is -3.93. The van der Waals surface area contributed by atoms with Crippen molar-refractivity contribution in [2.75, 3.05) is 19.5 Å². The van der Waals surface area contributed by atoms with Crippen molar-refractivity contribution < 1.29 is 14.3 Å². The number of nitrogens with zero attached hydrogens (tertiary/aromatic N) is 2. The molecule has 0 spiro atoms. The Labute approximate surface area is 174 Å². The minimum atomic E-state index is -0.228. The van der Waals surface area contributed by atoms with Crippen LogP contribution in [-0.2, 0) is 0 Å². The lowest BCUT2D eigenvalue weighted by molar-refractivity contribution is 0.102. The number of nitrogens with one attached hydrogen (secondary N) is 1. The number of hydrogen-bond acceptors (Lipinski definition) is 5. The molecule has 1 amide bonds. The van der Waals surface area contributed by atoms with Gasteiger partial charge >= 0.3 is 0 Å². The monoisotopic (exact) mass is 399 g/mol. The van der Waals surface area contributed by atoms with Gasteiger partial charge in [-0.25, -0.2) is 4.98 Å². The van der Waals surface area contributed by atoms with Gasteiger partial charge in [-0.05, 0) is 42.8 Å². The number of anilines is 1. The number of hydrogen-bond donors (Lipinski definition) is 1. The molecule has 0 bridgehead atoms. The van der Waals surface area contributed by atoms with Crippen LogP contribution in [0.3, 0.4) is 0 Å². The molecular weight excluding hydrogens is 378 g/mol. The van der Waals surface area contributed by atoms with Crippen molar-refractivity contribution in [3.05, 3.63) is 78.1 Å². The maximum atomic E-state index is 13.3. The summed E-state index contributed by atoms with van der Waals surface area (Å²) in [5.41, 5.74) is 4.34. The highest BCUT2D eigenvalue weighted by molar-refractivity contribution is 6.13. The van der Waals surface area contributed by atoms with Crippen LogP contribution in [0.2, 0.25) is 0 Å². The predicted octanol–water partition coefficient (Wildman–Crippen LogP) is 4.87. The number of benzene rings is 2. The van der Waals surface area contributed by atoms with Crippen molar-refractivity contribution in [3.63, 3.8) is 0 Å². The molecule has 2 aromatic heterocycles. The van der Waals surface area contributed by atoms with Gasteiger partial charge in [0.05, 0.1) is 31.0 Å². The third-order valence-corrected chi connectivity index (χ3v) is 4.90. The number of fused-ring (bicyclic) bond motifs is 1. The lowest BCUT2D eigenvalue weighted by atomic mass is 10.0. The van der Waals surface area contributed by atoms with Crippen LogP contribution < -0.4 is 14.8 Å². The summed E-state index contributed by atoms with van der Waals surface area (Å²) in [7, 11) is 3.15. The number of carbonyl (C=O) groups excluding carboxylic acids is 1. The number of aryl methyl sites for hydroxylation is 1. The van der Waals surface area contributed by atoms with E-state index in [9.17, 15) is 4.79 Å². The van der Waals surface area contributed by atoms with Gasteiger partial charge in [-0.15, -0.1) is 0 Å². The highest BCUT2D eigenvalue weighted by Crippen LogP contribution is 2.33. The number of methoxy groups -OCH3 is 2. The van der Waals surface area contributed by atoms with E-state index in [1.165, 1.54) is 0 Å².